The van der Waals surface area contributed by atoms with Crippen molar-refractivity contribution < 1.29 is 22.7 Å². The molecule has 2 heterocycles. The van der Waals surface area contributed by atoms with Gasteiger partial charge >= 0.3 is 5.97 Å². The van der Waals surface area contributed by atoms with Gasteiger partial charge in [-0.3, -0.25) is 0 Å². The summed E-state index contributed by atoms with van der Waals surface area (Å²) in [4.78, 5) is 12.1. The van der Waals surface area contributed by atoms with E-state index in [4.69, 9.17) is 9.47 Å². The second kappa shape index (κ2) is 4.49. The third-order valence-corrected chi connectivity index (χ3v) is 5.56. The van der Waals surface area contributed by atoms with E-state index in [0.717, 1.165) is 6.42 Å². The van der Waals surface area contributed by atoms with Gasteiger partial charge in [-0.1, -0.05) is 13.3 Å². The van der Waals surface area contributed by atoms with Gasteiger partial charge < -0.3 is 9.47 Å². The third-order valence-electron chi connectivity index (χ3n) is 3.90. The van der Waals surface area contributed by atoms with Gasteiger partial charge in [0.05, 0.1) is 18.1 Å². The maximum absolute atomic E-state index is 12.1. The Labute approximate surface area is 108 Å². The standard InChI is InChI=1S/C12H20O5S/c1-3-5-12(10(13)16-4-2)11(17-12)6-8-18(14,15)9-7-11/h3-9H2,1-2H3. The third kappa shape index (κ3) is 2.05. The van der Waals surface area contributed by atoms with Crippen LogP contribution < -0.4 is 0 Å². The van der Waals surface area contributed by atoms with E-state index in [2.05, 4.69) is 0 Å². The molecule has 1 spiro atoms. The van der Waals surface area contributed by atoms with Crippen molar-refractivity contribution in [2.75, 3.05) is 18.1 Å². The Balaban J connectivity index is 2.14. The summed E-state index contributed by atoms with van der Waals surface area (Å²) in [6.45, 7) is 4.07. The molecule has 0 aromatic carbocycles. The fourth-order valence-corrected chi connectivity index (χ4v) is 4.38. The highest BCUT2D eigenvalue weighted by Crippen LogP contribution is 2.58. The summed E-state index contributed by atoms with van der Waals surface area (Å²) < 4.78 is 33.7. The molecule has 104 valence electrons. The van der Waals surface area contributed by atoms with Gasteiger partial charge in [0.1, 0.15) is 5.60 Å². The summed E-state index contributed by atoms with van der Waals surface area (Å²) in [6, 6.07) is 0. The molecular formula is C12H20O5S. The highest BCUT2D eigenvalue weighted by molar-refractivity contribution is 7.91. The van der Waals surface area contributed by atoms with Crippen molar-refractivity contribution in [3.05, 3.63) is 0 Å². The van der Waals surface area contributed by atoms with Crippen LogP contribution in [-0.2, 0) is 24.1 Å². The molecule has 0 bridgehead atoms. The van der Waals surface area contributed by atoms with Crippen LogP contribution in [-0.4, -0.2) is 43.7 Å². The normalized spacial score (nSPS) is 32.1. The smallest absolute Gasteiger partial charge is 0.341 e. The number of carbonyl (C=O) groups is 1. The second-order valence-corrected chi connectivity index (χ2v) is 7.35. The lowest BCUT2D eigenvalue weighted by Gasteiger charge is -2.22. The number of hydrogen-bond acceptors (Lipinski definition) is 5. The number of sulfone groups is 1. The monoisotopic (exact) mass is 276 g/mol. The fourth-order valence-electron chi connectivity index (χ4n) is 2.89. The van der Waals surface area contributed by atoms with Gasteiger partial charge in [-0.25, -0.2) is 13.2 Å². The maximum atomic E-state index is 12.1. The predicted octanol–water partition coefficient (Wildman–Crippen LogP) is 1.07. The van der Waals surface area contributed by atoms with Gasteiger partial charge in [-0.2, -0.15) is 0 Å². The maximum Gasteiger partial charge on any atom is 0.341 e. The number of ether oxygens (including phenoxy) is 2. The summed E-state index contributed by atoms with van der Waals surface area (Å²) in [6.07, 6.45) is 2.24. The molecule has 1 atom stereocenters. The summed E-state index contributed by atoms with van der Waals surface area (Å²) in [5, 5.41) is 0. The van der Waals surface area contributed by atoms with Crippen molar-refractivity contribution in [3.8, 4) is 0 Å². The lowest BCUT2D eigenvalue weighted by molar-refractivity contribution is -0.149. The Hall–Kier alpha value is -0.620. The van der Waals surface area contributed by atoms with Crippen molar-refractivity contribution in [2.45, 2.75) is 50.7 Å². The molecule has 1 unspecified atom stereocenters. The van der Waals surface area contributed by atoms with Crippen LogP contribution in [0.1, 0.15) is 39.5 Å². The summed E-state index contributed by atoms with van der Waals surface area (Å²) in [7, 11) is -2.95. The topological polar surface area (TPSA) is 73.0 Å². The predicted molar refractivity (Wildman–Crippen MR) is 66.0 cm³/mol. The second-order valence-electron chi connectivity index (χ2n) is 5.05. The number of hydrogen-bond donors (Lipinski definition) is 0. The quantitative estimate of drug-likeness (QED) is 0.567. The van der Waals surface area contributed by atoms with E-state index in [1.54, 1.807) is 6.92 Å². The number of epoxide rings is 1. The van der Waals surface area contributed by atoms with Crippen LogP contribution in [0.3, 0.4) is 0 Å². The lowest BCUT2D eigenvalue weighted by Crippen LogP contribution is -2.41. The van der Waals surface area contributed by atoms with Crippen LogP contribution in [0.5, 0.6) is 0 Å². The number of carbonyl (C=O) groups excluding carboxylic acids is 1. The Kier molecular flexibility index (Phi) is 3.44. The molecule has 0 amide bonds. The van der Waals surface area contributed by atoms with E-state index in [1.165, 1.54) is 0 Å². The molecule has 0 N–H and O–H groups in total. The van der Waals surface area contributed by atoms with E-state index in [0.29, 0.717) is 25.9 Å². The molecule has 0 radical (unpaired) electrons. The average Bonchev–Trinajstić information content (AvgIpc) is 2.94. The zero-order valence-electron chi connectivity index (χ0n) is 10.9. The highest BCUT2D eigenvalue weighted by atomic mass is 32.2. The Morgan fingerprint density at radius 1 is 1.28 bits per heavy atom. The number of rotatable bonds is 4. The van der Waals surface area contributed by atoms with Crippen molar-refractivity contribution in [2.24, 2.45) is 0 Å². The fraction of sp³-hybridized carbons (Fsp3) is 0.917. The molecule has 0 aromatic rings. The molecule has 2 aliphatic heterocycles. The van der Waals surface area contributed by atoms with E-state index in [1.807, 2.05) is 6.92 Å². The van der Waals surface area contributed by atoms with Gasteiger partial charge in [0.25, 0.3) is 0 Å². The largest absolute Gasteiger partial charge is 0.464 e. The average molecular weight is 276 g/mol. The molecule has 0 aromatic heterocycles. The Morgan fingerprint density at radius 2 is 1.89 bits per heavy atom. The van der Waals surface area contributed by atoms with Crippen molar-refractivity contribution >= 4 is 15.8 Å². The van der Waals surface area contributed by atoms with Gasteiger partial charge in [-0.05, 0) is 26.2 Å². The van der Waals surface area contributed by atoms with Crippen molar-refractivity contribution in [1.82, 2.24) is 0 Å². The SMILES string of the molecule is CCCC1(C(=O)OCC)OC12CCS(=O)(=O)CC2. The van der Waals surface area contributed by atoms with E-state index >= 15 is 0 Å². The van der Waals surface area contributed by atoms with Gasteiger partial charge in [0.15, 0.2) is 15.4 Å². The first-order valence-corrected chi connectivity index (χ1v) is 8.31. The van der Waals surface area contributed by atoms with E-state index < -0.39 is 21.0 Å². The molecule has 6 heteroatoms. The molecule has 2 fully saturated rings. The minimum Gasteiger partial charge on any atom is -0.464 e. The first kappa shape index (κ1) is 13.8. The first-order chi connectivity index (χ1) is 8.41. The lowest BCUT2D eigenvalue weighted by atomic mass is 9.84. The zero-order valence-corrected chi connectivity index (χ0v) is 11.7. The van der Waals surface area contributed by atoms with Crippen LogP contribution in [0.2, 0.25) is 0 Å². The van der Waals surface area contributed by atoms with Crippen LogP contribution in [0, 0.1) is 0 Å². The van der Waals surface area contributed by atoms with Crippen molar-refractivity contribution in [1.29, 1.82) is 0 Å². The summed E-state index contributed by atoms with van der Waals surface area (Å²) in [5.41, 5.74) is -1.46. The van der Waals surface area contributed by atoms with Crippen LogP contribution in [0.15, 0.2) is 0 Å². The molecule has 2 saturated heterocycles. The Morgan fingerprint density at radius 3 is 2.39 bits per heavy atom. The molecular weight excluding hydrogens is 256 g/mol. The molecule has 0 saturated carbocycles. The zero-order chi connectivity index (χ0) is 13.4. The molecule has 18 heavy (non-hydrogen) atoms. The molecule has 2 aliphatic rings. The van der Waals surface area contributed by atoms with E-state index in [9.17, 15) is 13.2 Å². The highest BCUT2D eigenvalue weighted by Gasteiger charge is 2.75. The number of esters is 1. The Bertz CT molecular complexity index is 427. The van der Waals surface area contributed by atoms with Gasteiger partial charge in [-0.15, -0.1) is 0 Å². The minimum atomic E-state index is -2.95. The van der Waals surface area contributed by atoms with Gasteiger partial charge in [0, 0.05) is 0 Å². The molecule has 0 aliphatic carbocycles. The molecule has 5 nitrogen and oxygen atoms in total. The van der Waals surface area contributed by atoms with Crippen LogP contribution in [0.4, 0.5) is 0 Å². The first-order valence-electron chi connectivity index (χ1n) is 6.49. The summed E-state index contributed by atoms with van der Waals surface area (Å²) in [5.74, 6) is -0.110. The minimum absolute atomic E-state index is 0.109. The van der Waals surface area contributed by atoms with Crippen molar-refractivity contribution in [3.63, 3.8) is 0 Å². The molecule has 2 rings (SSSR count). The van der Waals surface area contributed by atoms with Crippen LogP contribution in [0.25, 0.3) is 0 Å². The van der Waals surface area contributed by atoms with Gasteiger partial charge in [0.2, 0.25) is 0 Å². The summed E-state index contributed by atoms with van der Waals surface area (Å²) >= 11 is 0. The van der Waals surface area contributed by atoms with E-state index in [-0.39, 0.29) is 17.5 Å². The van der Waals surface area contributed by atoms with Crippen LogP contribution >= 0.6 is 0 Å².